The molecule has 1 amide bonds. The Balaban J connectivity index is 3.64. The van der Waals surface area contributed by atoms with Crippen LogP contribution in [0.3, 0.4) is 0 Å². The Kier molecular flexibility index (Phi) is 5.94. The van der Waals surface area contributed by atoms with Gasteiger partial charge in [0.25, 0.3) is 0 Å². The summed E-state index contributed by atoms with van der Waals surface area (Å²) in [4.78, 5) is 31.9. The Labute approximate surface area is 86.2 Å². The second-order valence-electron chi connectivity index (χ2n) is 2.71. The van der Waals surface area contributed by atoms with Gasteiger partial charge < -0.3 is 10.4 Å². The normalized spacial score (nSPS) is 11.9. The molecule has 5 nitrogen and oxygen atoms in total. The molecule has 0 aliphatic carbocycles. The number of rotatable bonds is 5. The third-order valence-electron chi connectivity index (χ3n) is 1.44. The van der Waals surface area contributed by atoms with Gasteiger partial charge in [0.2, 0.25) is 11.0 Å². The van der Waals surface area contributed by atoms with Gasteiger partial charge in [-0.05, 0) is 6.92 Å². The number of aliphatic carboxylic acids is 1. The fourth-order valence-corrected chi connectivity index (χ4v) is 1.36. The quantitative estimate of drug-likeness (QED) is 0.506. The zero-order chi connectivity index (χ0) is 11.1. The van der Waals surface area contributed by atoms with Crippen LogP contribution in [-0.2, 0) is 14.4 Å². The molecule has 0 spiro atoms. The van der Waals surface area contributed by atoms with Crippen LogP contribution in [0.1, 0.15) is 13.8 Å². The predicted molar refractivity (Wildman–Crippen MR) is 52.9 cm³/mol. The maximum atomic E-state index is 11.1. The molecule has 1 atom stereocenters. The van der Waals surface area contributed by atoms with Crippen LogP contribution in [0.15, 0.2) is 0 Å². The molecule has 0 radical (unpaired) electrons. The minimum Gasteiger partial charge on any atom is -0.481 e. The number of amides is 1. The Bertz CT molecular complexity index is 241. The van der Waals surface area contributed by atoms with Gasteiger partial charge >= 0.3 is 5.97 Å². The first-order valence-electron chi connectivity index (χ1n) is 4.09. The van der Waals surface area contributed by atoms with Crippen molar-refractivity contribution >= 4 is 28.8 Å². The van der Waals surface area contributed by atoms with E-state index in [-0.39, 0.29) is 11.0 Å². The number of hydrogen-bond donors (Lipinski definition) is 2. The zero-order valence-corrected chi connectivity index (χ0v) is 8.89. The molecule has 14 heavy (non-hydrogen) atoms. The van der Waals surface area contributed by atoms with Gasteiger partial charge in [-0.2, -0.15) is 0 Å². The van der Waals surface area contributed by atoms with E-state index < -0.39 is 11.9 Å². The van der Waals surface area contributed by atoms with E-state index in [0.29, 0.717) is 12.3 Å². The molecule has 1 unspecified atom stereocenters. The highest BCUT2D eigenvalue weighted by Crippen LogP contribution is 2.10. The minimum absolute atomic E-state index is 0.163. The lowest BCUT2D eigenvalue weighted by Crippen LogP contribution is -2.24. The summed E-state index contributed by atoms with van der Waals surface area (Å²) < 4.78 is 0. The zero-order valence-electron chi connectivity index (χ0n) is 8.07. The topological polar surface area (TPSA) is 83.5 Å². The molecule has 0 fully saturated rings. The highest BCUT2D eigenvalue weighted by molar-refractivity contribution is 8.13. The highest BCUT2D eigenvalue weighted by Gasteiger charge is 2.20. The highest BCUT2D eigenvalue weighted by atomic mass is 32.2. The second kappa shape index (κ2) is 6.42. The van der Waals surface area contributed by atoms with Crippen LogP contribution in [0, 0.1) is 5.92 Å². The van der Waals surface area contributed by atoms with Gasteiger partial charge in [-0.15, -0.1) is 0 Å². The number of carbonyl (C=O) groups excluding carboxylic acids is 2. The van der Waals surface area contributed by atoms with Crippen LogP contribution in [-0.4, -0.2) is 34.4 Å². The smallest absolute Gasteiger partial charge is 0.314 e. The van der Waals surface area contributed by atoms with Crippen LogP contribution in [0.25, 0.3) is 0 Å². The van der Waals surface area contributed by atoms with Crippen LogP contribution >= 0.6 is 11.8 Å². The van der Waals surface area contributed by atoms with Crippen molar-refractivity contribution in [1.29, 1.82) is 0 Å². The molecule has 0 bridgehead atoms. The van der Waals surface area contributed by atoms with Gasteiger partial charge in [0.15, 0.2) is 0 Å². The summed E-state index contributed by atoms with van der Waals surface area (Å²) in [6.45, 7) is 3.10. The van der Waals surface area contributed by atoms with Gasteiger partial charge in [-0.3, -0.25) is 14.4 Å². The number of nitrogens with one attached hydrogen (secondary N) is 1. The van der Waals surface area contributed by atoms with Crippen molar-refractivity contribution in [2.24, 2.45) is 5.92 Å². The van der Waals surface area contributed by atoms with Crippen molar-refractivity contribution in [3.63, 3.8) is 0 Å². The molecule has 0 aliphatic rings. The fourth-order valence-electron chi connectivity index (χ4n) is 0.605. The summed E-state index contributed by atoms with van der Waals surface area (Å²) in [7, 11) is 0. The molecule has 0 heterocycles. The number of thioether (sulfide) groups is 1. The lowest BCUT2D eigenvalue weighted by atomic mass is 10.2. The first-order valence-corrected chi connectivity index (χ1v) is 5.07. The standard InChI is InChI=1S/C8H13NO4S/c1-5(7(11)12)8(13)14-4-3-9-6(2)10/h5H,3-4H2,1-2H3,(H,9,10)(H,11,12). The predicted octanol–water partition coefficient (Wildman–Crippen LogP) is 0.103. The van der Waals surface area contributed by atoms with Gasteiger partial charge in [0, 0.05) is 19.2 Å². The van der Waals surface area contributed by atoms with Gasteiger partial charge in [-0.25, -0.2) is 0 Å². The van der Waals surface area contributed by atoms with Crippen molar-refractivity contribution < 1.29 is 19.5 Å². The molecule has 0 aromatic heterocycles. The maximum Gasteiger partial charge on any atom is 0.314 e. The average Bonchev–Trinajstić information content (AvgIpc) is 2.10. The van der Waals surface area contributed by atoms with E-state index in [1.807, 2.05) is 0 Å². The number of carbonyl (C=O) groups is 3. The molecule has 0 aromatic carbocycles. The Morgan fingerprint density at radius 1 is 1.43 bits per heavy atom. The van der Waals surface area contributed by atoms with E-state index in [2.05, 4.69) is 5.32 Å². The third-order valence-corrected chi connectivity index (χ3v) is 2.49. The molecule has 0 saturated carbocycles. The van der Waals surface area contributed by atoms with Crippen molar-refractivity contribution in [3.05, 3.63) is 0 Å². The van der Waals surface area contributed by atoms with Crippen molar-refractivity contribution in [2.45, 2.75) is 13.8 Å². The summed E-state index contributed by atoms with van der Waals surface area (Å²) >= 11 is 0.920. The van der Waals surface area contributed by atoms with Crippen LogP contribution in [0.2, 0.25) is 0 Å². The van der Waals surface area contributed by atoms with Gasteiger partial charge in [-0.1, -0.05) is 11.8 Å². The van der Waals surface area contributed by atoms with Crippen LogP contribution in [0.5, 0.6) is 0 Å². The van der Waals surface area contributed by atoms with Crippen LogP contribution in [0.4, 0.5) is 0 Å². The third kappa shape index (κ3) is 5.58. The molecule has 0 saturated heterocycles. The number of hydrogen-bond acceptors (Lipinski definition) is 4. The Morgan fingerprint density at radius 2 is 2.00 bits per heavy atom. The summed E-state index contributed by atoms with van der Waals surface area (Å²) in [5, 5.41) is 10.6. The monoisotopic (exact) mass is 219 g/mol. The fraction of sp³-hybridized carbons (Fsp3) is 0.625. The van der Waals surface area contributed by atoms with Crippen molar-refractivity contribution in [2.75, 3.05) is 12.3 Å². The first-order chi connectivity index (χ1) is 6.45. The minimum atomic E-state index is -1.12. The molecule has 2 N–H and O–H groups in total. The number of carboxylic acids is 1. The molecular formula is C8H13NO4S. The lowest BCUT2D eigenvalue weighted by Gasteiger charge is -2.04. The van der Waals surface area contributed by atoms with E-state index in [0.717, 1.165) is 11.8 Å². The molecular weight excluding hydrogens is 206 g/mol. The Hall–Kier alpha value is -1.04. The van der Waals surface area contributed by atoms with Crippen molar-refractivity contribution in [3.8, 4) is 0 Å². The Morgan fingerprint density at radius 3 is 2.43 bits per heavy atom. The van der Waals surface area contributed by atoms with Gasteiger partial charge in [0.05, 0.1) is 0 Å². The molecule has 6 heteroatoms. The maximum absolute atomic E-state index is 11.1. The van der Waals surface area contributed by atoms with E-state index >= 15 is 0 Å². The largest absolute Gasteiger partial charge is 0.481 e. The summed E-state index contributed by atoms with van der Waals surface area (Å²) in [6, 6.07) is 0. The second-order valence-corrected chi connectivity index (χ2v) is 3.81. The van der Waals surface area contributed by atoms with E-state index in [9.17, 15) is 14.4 Å². The molecule has 80 valence electrons. The van der Waals surface area contributed by atoms with Gasteiger partial charge in [0.1, 0.15) is 5.92 Å². The molecule has 0 aliphatic heterocycles. The molecule has 0 rings (SSSR count). The summed E-state index contributed by atoms with van der Waals surface area (Å²) in [5.74, 6) is -1.88. The van der Waals surface area contributed by atoms with Crippen LogP contribution < -0.4 is 5.32 Å². The SMILES string of the molecule is CC(=O)NCCSC(=O)C(C)C(=O)O. The summed E-state index contributed by atoms with van der Waals surface area (Å²) in [5.41, 5.74) is 0. The molecule has 0 aromatic rings. The first kappa shape index (κ1) is 13.0. The summed E-state index contributed by atoms with van der Waals surface area (Å²) in [6.07, 6.45) is 0. The average molecular weight is 219 g/mol. The van der Waals surface area contributed by atoms with E-state index in [1.165, 1.54) is 13.8 Å². The van der Waals surface area contributed by atoms with E-state index in [4.69, 9.17) is 5.11 Å². The lowest BCUT2D eigenvalue weighted by molar-refractivity contribution is -0.143. The van der Waals surface area contributed by atoms with Crippen molar-refractivity contribution in [1.82, 2.24) is 5.32 Å². The number of carboxylic acid groups (broad SMARTS) is 1. The van der Waals surface area contributed by atoms with E-state index in [1.54, 1.807) is 0 Å².